The van der Waals surface area contributed by atoms with Crippen LogP contribution in [0.3, 0.4) is 0 Å². The van der Waals surface area contributed by atoms with Crippen molar-refractivity contribution in [2.45, 2.75) is 13.0 Å². The number of nitrogens with one attached hydrogen (secondary N) is 2. The van der Waals surface area contributed by atoms with Crippen LogP contribution < -0.4 is 10.6 Å². The Morgan fingerprint density at radius 2 is 2.20 bits per heavy atom. The van der Waals surface area contributed by atoms with Crippen LogP contribution in [-0.4, -0.2) is 17.7 Å². The van der Waals surface area contributed by atoms with Crippen molar-refractivity contribution >= 4 is 22.4 Å². The summed E-state index contributed by atoms with van der Waals surface area (Å²) in [7, 11) is 0. The first-order valence-corrected chi connectivity index (χ1v) is 6.91. The molecule has 2 amide bonds. The van der Waals surface area contributed by atoms with E-state index in [-0.39, 0.29) is 6.54 Å². The Balaban J connectivity index is 1.84. The molecule has 0 aliphatic rings. The molecule has 0 saturated carbocycles. The molecule has 0 aliphatic heterocycles. The predicted octanol–water partition coefficient (Wildman–Crippen LogP) is 3.05. The van der Waals surface area contributed by atoms with Crippen molar-refractivity contribution in [1.82, 2.24) is 5.32 Å². The first kappa shape index (κ1) is 14.5. The molecule has 20 heavy (non-hydrogen) atoms. The van der Waals surface area contributed by atoms with Gasteiger partial charge in [0.25, 0.3) is 0 Å². The summed E-state index contributed by atoms with van der Waals surface area (Å²) in [5, 5.41) is 15.8. The van der Waals surface area contributed by atoms with Gasteiger partial charge in [0, 0.05) is 11.4 Å². The van der Waals surface area contributed by atoms with Gasteiger partial charge in [-0.15, -0.1) is 11.3 Å². The maximum atomic E-state index is 13.0. The predicted molar refractivity (Wildman–Crippen MR) is 77.4 cm³/mol. The number of thiophene rings is 1. The van der Waals surface area contributed by atoms with E-state index in [4.69, 9.17) is 0 Å². The molecule has 106 valence electrons. The summed E-state index contributed by atoms with van der Waals surface area (Å²) in [5.41, 5.74) is 0.428. The van der Waals surface area contributed by atoms with Gasteiger partial charge in [0.1, 0.15) is 5.82 Å². The Morgan fingerprint density at radius 3 is 2.85 bits per heavy atom. The number of hydrogen-bond acceptors (Lipinski definition) is 3. The summed E-state index contributed by atoms with van der Waals surface area (Å²) < 4.78 is 13.0. The van der Waals surface area contributed by atoms with Crippen LogP contribution in [0.1, 0.15) is 16.5 Å². The van der Waals surface area contributed by atoms with E-state index in [1.165, 1.54) is 29.5 Å². The second-order valence-electron chi connectivity index (χ2n) is 4.32. The molecule has 1 aromatic carbocycles. The zero-order valence-corrected chi connectivity index (χ0v) is 11.7. The molecule has 0 unspecified atom stereocenters. The van der Waals surface area contributed by atoms with Crippen molar-refractivity contribution in [3.05, 3.63) is 52.7 Å². The van der Waals surface area contributed by atoms with Crippen molar-refractivity contribution in [2.24, 2.45) is 0 Å². The van der Waals surface area contributed by atoms with E-state index in [9.17, 15) is 14.3 Å². The molecule has 0 radical (unpaired) electrons. The number of aryl methyl sites for hydroxylation is 1. The third kappa shape index (κ3) is 4.04. The Kier molecular flexibility index (Phi) is 4.70. The number of carbonyl (C=O) groups excluding carboxylic acids is 1. The first-order valence-electron chi connectivity index (χ1n) is 6.09. The molecule has 1 heterocycles. The molecule has 0 fully saturated rings. The topological polar surface area (TPSA) is 61.4 Å². The summed E-state index contributed by atoms with van der Waals surface area (Å²) in [5.74, 6) is -0.417. The number of carbonyl (C=O) groups is 1. The number of aliphatic hydroxyl groups excluding tert-OH is 1. The van der Waals surface area contributed by atoms with Crippen LogP contribution in [0.2, 0.25) is 0 Å². The van der Waals surface area contributed by atoms with Gasteiger partial charge in [-0.3, -0.25) is 5.32 Å². The highest BCUT2D eigenvalue weighted by Crippen LogP contribution is 2.20. The zero-order valence-electron chi connectivity index (χ0n) is 10.9. The van der Waals surface area contributed by atoms with Crippen molar-refractivity contribution in [1.29, 1.82) is 0 Å². The molecule has 2 rings (SSSR count). The maximum absolute atomic E-state index is 13.0. The second-order valence-corrected chi connectivity index (χ2v) is 5.60. The number of rotatable bonds is 4. The fraction of sp³-hybridized carbons (Fsp3) is 0.214. The molecule has 6 heteroatoms. The summed E-state index contributed by atoms with van der Waals surface area (Å²) in [4.78, 5) is 12.7. The Bertz CT molecular complexity index is 600. The minimum Gasteiger partial charge on any atom is -0.387 e. The van der Waals surface area contributed by atoms with Gasteiger partial charge in [-0.05, 0) is 36.8 Å². The van der Waals surface area contributed by atoms with Crippen molar-refractivity contribution in [3.8, 4) is 0 Å². The number of anilines is 1. The molecular formula is C14H15FN2O2S. The number of amides is 2. The average molecular weight is 294 g/mol. The highest BCUT2D eigenvalue weighted by Gasteiger charge is 2.10. The molecule has 3 N–H and O–H groups in total. The van der Waals surface area contributed by atoms with Gasteiger partial charge in [0.2, 0.25) is 0 Å². The smallest absolute Gasteiger partial charge is 0.319 e. The van der Waals surface area contributed by atoms with Gasteiger partial charge in [-0.1, -0.05) is 12.1 Å². The van der Waals surface area contributed by atoms with E-state index in [1.807, 2.05) is 19.1 Å². The molecule has 2 aromatic rings. The lowest BCUT2D eigenvalue weighted by molar-refractivity contribution is 0.174. The van der Waals surface area contributed by atoms with Gasteiger partial charge in [-0.2, -0.15) is 0 Å². The van der Waals surface area contributed by atoms with Crippen LogP contribution in [0.5, 0.6) is 0 Å². The van der Waals surface area contributed by atoms with Crippen LogP contribution in [0, 0.1) is 12.7 Å². The van der Waals surface area contributed by atoms with E-state index in [1.54, 1.807) is 6.07 Å². The summed E-state index contributed by atoms with van der Waals surface area (Å²) in [6.07, 6.45) is -0.943. The molecule has 0 saturated heterocycles. The molecule has 1 atom stereocenters. The van der Waals surface area contributed by atoms with E-state index in [0.717, 1.165) is 9.88 Å². The van der Waals surface area contributed by atoms with Gasteiger partial charge < -0.3 is 10.4 Å². The zero-order chi connectivity index (χ0) is 14.5. The Morgan fingerprint density at radius 1 is 1.40 bits per heavy atom. The lowest BCUT2D eigenvalue weighted by Crippen LogP contribution is -2.32. The standard InChI is InChI=1S/C14H15FN2O2S/c1-9-5-6-13(20-9)17-14(19)16-8-12(18)10-3-2-4-11(15)7-10/h2-7,12,18H,8H2,1H3,(H2,16,17,19)/t12-/m0/s1. The van der Waals surface area contributed by atoms with Gasteiger partial charge in [-0.25, -0.2) is 9.18 Å². The first-order chi connectivity index (χ1) is 9.54. The average Bonchev–Trinajstić information content (AvgIpc) is 2.81. The number of hydrogen-bond donors (Lipinski definition) is 3. The second kappa shape index (κ2) is 6.49. The van der Waals surface area contributed by atoms with Crippen molar-refractivity contribution < 1.29 is 14.3 Å². The van der Waals surface area contributed by atoms with E-state index in [2.05, 4.69) is 10.6 Å². The fourth-order valence-electron chi connectivity index (χ4n) is 1.68. The lowest BCUT2D eigenvalue weighted by atomic mass is 10.1. The van der Waals surface area contributed by atoms with Crippen LogP contribution in [0.25, 0.3) is 0 Å². The minimum absolute atomic E-state index is 0.0135. The van der Waals surface area contributed by atoms with Crippen molar-refractivity contribution in [2.75, 3.05) is 11.9 Å². The van der Waals surface area contributed by atoms with Gasteiger partial charge >= 0.3 is 6.03 Å². The van der Waals surface area contributed by atoms with Crippen molar-refractivity contribution in [3.63, 3.8) is 0 Å². The molecule has 0 spiro atoms. The third-order valence-electron chi connectivity index (χ3n) is 2.67. The van der Waals surface area contributed by atoms with Crippen LogP contribution >= 0.6 is 11.3 Å². The molecule has 0 bridgehead atoms. The molecule has 1 aromatic heterocycles. The monoisotopic (exact) mass is 294 g/mol. The number of aliphatic hydroxyl groups is 1. The molecule has 4 nitrogen and oxygen atoms in total. The summed E-state index contributed by atoms with van der Waals surface area (Å²) >= 11 is 1.46. The Hall–Kier alpha value is -1.92. The normalized spacial score (nSPS) is 11.9. The van der Waals surface area contributed by atoms with Gasteiger partial charge in [0.05, 0.1) is 11.1 Å². The summed E-state index contributed by atoms with van der Waals surface area (Å²) in [6.45, 7) is 1.96. The SMILES string of the molecule is Cc1ccc(NC(=O)NC[C@H](O)c2cccc(F)c2)s1. The number of benzene rings is 1. The quantitative estimate of drug-likeness (QED) is 0.811. The highest BCUT2D eigenvalue weighted by atomic mass is 32.1. The fourth-order valence-corrected chi connectivity index (χ4v) is 2.44. The molecule has 0 aliphatic carbocycles. The van der Waals surface area contributed by atoms with Crippen LogP contribution in [-0.2, 0) is 0 Å². The minimum atomic E-state index is -0.943. The maximum Gasteiger partial charge on any atom is 0.319 e. The number of urea groups is 1. The third-order valence-corrected chi connectivity index (χ3v) is 3.58. The number of halogens is 1. The molecular weight excluding hydrogens is 279 g/mol. The van der Waals surface area contributed by atoms with E-state index < -0.39 is 18.0 Å². The Labute approximate surface area is 120 Å². The lowest BCUT2D eigenvalue weighted by Gasteiger charge is -2.12. The largest absolute Gasteiger partial charge is 0.387 e. The van der Waals surface area contributed by atoms with Gasteiger partial charge in [0.15, 0.2) is 0 Å². The summed E-state index contributed by atoms with van der Waals surface area (Å²) in [6, 6.07) is 8.98. The van der Waals surface area contributed by atoms with E-state index >= 15 is 0 Å². The van der Waals surface area contributed by atoms with Crippen LogP contribution in [0.15, 0.2) is 36.4 Å². The highest BCUT2D eigenvalue weighted by molar-refractivity contribution is 7.16. The van der Waals surface area contributed by atoms with E-state index in [0.29, 0.717) is 5.56 Å². The van der Waals surface area contributed by atoms with Crippen LogP contribution in [0.4, 0.5) is 14.2 Å².